The second-order valence-electron chi connectivity index (χ2n) is 4.11. The Kier molecular flexibility index (Phi) is 4.27. The molecule has 0 bridgehead atoms. The number of halogens is 2. The molecule has 106 valence electrons. The van der Waals surface area contributed by atoms with E-state index in [2.05, 4.69) is 4.72 Å². The van der Waals surface area contributed by atoms with Crippen molar-refractivity contribution in [1.29, 1.82) is 0 Å². The summed E-state index contributed by atoms with van der Waals surface area (Å²) in [5.74, 6) is -0.753. The van der Waals surface area contributed by atoms with Crippen LogP contribution in [0.25, 0.3) is 0 Å². The average Bonchev–Trinajstić information content (AvgIpc) is 2.42. The third-order valence-electron chi connectivity index (χ3n) is 2.65. The summed E-state index contributed by atoms with van der Waals surface area (Å²) >= 11 is 5.75. The van der Waals surface area contributed by atoms with Crippen LogP contribution in [0.5, 0.6) is 0 Å². The molecule has 2 aromatic rings. The van der Waals surface area contributed by atoms with E-state index >= 15 is 0 Å². The molecule has 0 saturated heterocycles. The van der Waals surface area contributed by atoms with Gasteiger partial charge in [-0.1, -0.05) is 41.9 Å². The minimum Gasteiger partial charge on any atom is -0.396 e. The van der Waals surface area contributed by atoms with Gasteiger partial charge < -0.3 is 5.73 Å². The fourth-order valence-electron chi connectivity index (χ4n) is 1.60. The predicted octanol–water partition coefficient (Wildman–Crippen LogP) is 2.54. The minimum atomic E-state index is -3.86. The van der Waals surface area contributed by atoms with Crippen LogP contribution in [0.1, 0.15) is 5.56 Å². The van der Waals surface area contributed by atoms with Crippen LogP contribution in [-0.2, 0) is 16.6 Å². The molecule has 0 aliphatic rings. The molecule has 7 heteroatoms. The molecule has 2 rings (SSSR count). The summed E-state index contributed by atoms with van der Waals surface area (Å²) in [6, 6.07) is 10.9. The number of hydrogen-bond acceptors (Lipinski definition) is 3. The molecular weight excluding hydrogens is 303 g/mol. The zero-order valence-corrected chi connectivity index (χ0v) is 11.9. The number of sulfonamides is 1. The largest absolute Gasteiger partial charge is 0.396 e. The van der Waals surface area contributed by atoms with E-state index in [1.54, 1.807) is 24.3 Å². The van der Waals surface area contributed by atoms with Gasteiger partial charge in [-0.2, -0.15) is 0 Å². The van der Waals surface area contributed by atoms with Crippen LogP contribution in [0.15, 0.2) is 47.4 Å². The van der Waals surface area contributed by atoms with E-state index in [4.69, 9.17) is 17.3 Å². The lowest BCUT2D eigenvalue weighted by Gasteiger charge is -2.09. The molecule has 0 spiro atoms. The number of nitrogens with two attached hydrogens (primary N) is 1. The van der Waals surface area contributed by atoms with Crippen LogP contribution >= 0.6 is 11.6 Å². The summed E-state index contributed by atoms with van der Waals surface area (Å²) in [7, 11) is -3.86. The van der Waals surface area contributed by atoms with Gasteiger partial charge in [0.15, 0.2) is 0 Å². The molecule has 4 nitrogen and oxygen atoms in total. The highest BCUT2D eigenvalue weighted by atomic mass is 35.5. The Labute approximate surface area is 121 Å². The lowest BCUT2D eigenvalue weighted by molar-refractivity contribution is 0.580. The van der Waals surface area contributed by atoms with Crippen LogP contribution in [-0.4, -0.2) is 8.42 Å². The van der Waals surface area contributed by atoms with Gasteiger partial charge in [-0.3, -0.25) is 0 Å². The number of anilines is 1. The summed E-state index contributed by atoms with van der Waals surface area (Å²) in [6.07, 6.45) is 0. The third-order valence-corrected chi connectivity index (χ3v) is 4.52. The molecule has 0 radical (unpaired) electrons. The maximum atomic E-state index is 13.2. The van der Waals surface area contributed by atoms with Crippen LogP contribution in [0.3, 0.4) is 0 Å². The van der Waals surface area contributed by atoms with E-state index in [0.29, 0.717) is 0 Å². The Balaban J connectivity index is 2.25. The molecule has 0 aliphatic carbocycles. The Hall–Kier alpha value is -1.63. The standard InChI is InChI=1S/C13H12ClFN2O2S/c14-10-6-11(15)12(16)7-13(10)20(18,19)17-8-9-4-2-1-3-5-9/h1-7,17H,8,16H2. The molecule has 0 fully saturated rings. The monoisotopic (exact) mass is 314 g/mol. The predicted molar refractivity (Wildman–Crippen MR) is 76.3 cm³/mol. The van der Waals surface area contributed by atoms with Gasteiger partial charge in [0.25, 0.3) is 0 Å². The Bertz CT molecular complexity index is 721. The van der Waals surface area contributed by atoms with E-state index in [9.17, 15) is 12.8 Å². The van der Waals surface area contributed by atoms with Crippen molar-refractivity contribution in [1.82, 2.24) is 4.72 Å². The number of hydrogen-bond donors (Lipinski definition) is 2. The Morgan fingerprint density at radius 2 is 1.85 bits per heavy atom. The van der Waals surface area contributed by atoms with Crippen molar-refractivity contribution in [3.8, 4) is 0 Å². The highest BCUT2D eigenvalue weighted by Crippen LogP contribution is 2.26. The van der Waals surface area contributed by atoms with Crippen molar-refractivity contribution in [3.63, 3.8) is 0 Å². The van der Waals surface area contributed by atoms with Crippen LogP contribution < -0.4 is 10.5 Å². The molecule has 0 unspecified atom stereocenters. The molecule has 0 heterocycles. The van der Waals surface area contributed by atoms with Crippen LogP contribution in [0.2, 0.25) is 5.02 Å². The van der Waals surface area contributed by atoms with Gasteiger partial charge in [-0.15, -0.1) is 0 Å². The van der Waals surface area contributed by atoms with Gasteiger partial charge in [-0.25, -0.2) is 17.5 Å². The van der Waals surface area contributed by atoms with Crippen molar-refractivity contribution in [2.24, 2.45) is 0 Å². The summed E-state index contributed by atoms with van der Waals surface area (Å²) in [5.41, 5.74) is 5.89. The minimum absolute atomic E-state index is 0.108. The summed E-state index contributed by atoms with van der Waals surface area (Å²) in [5, 5.41) is -0.211. The number of nitrogen functional groups attached to an aromatic ring is 1. The molecule has 0 amide bonds. The normalized spacial score (nSPS) is 11.5. The molecule has 0 aliphatic heterocycles. The van der Waals surface area contributed by atoms with Crippen molar-refractivity contribution in [2.75, 3.05) is 5.73 Å². The first kappa shape index (κ1) is 14.8. The first-order chi connectivity index (χ1) is 9.40. The summed E-state index contributed by atoms with van der Waals surface area (Å²) < 4.78 is 39.8. The Morgan fingerprint density at radius 1 is 1.20 bits per heavy atom. The first-order valence-corrected chi connectivity index (χ1v) is 7.54. The Morgan fingerprint density at radius 3 is 2.50 bits per heavy atom. The van der Waals surface area contributed by atoms with Gasteiger partial charge in [0, 0.05) is 6.54 Å². The van der Waals surface area contributed by atoms with E-state index < -0.39 is 15.8 Å². The van der Waals surface area contributed by atoms with Crippen molar-refractivity contribution >= 4 is 27.3 Å². The van der Waals surface area contributed by atoms with Crippen molar-refractivity contribution in [2.45, 2.75) is 11.4 Å². The first-order valence-electron chi connectivity index (χ1n) is 5.68. The topological polar surface area (TPSA) is 72.2 Å². The number of benzene rings is 2. The highest BCUT2D eigenvalue weighted by Gasteiger charge is 2.19. The SMILES string of the molecule is Nc1cc(S(=O)(=O)NCc2ccccc2)c(Cl)cc1F. The maximum absolute atomic E-state index is 13.2. The quantitative estimate of drug-likeness (QED) is 0.852. The maximum Gasteiger partial charge on any atom is 0.242 e. The molecular formula is C13H12ClFN2O2S. The van der Waals surface area contributed by atoms with E-state index in [0.717, 1.165) is 17.7 Å². The molecule has 0 atom stereocenters. The van der Waals surface area contributed by atoms with Crippen molar-refractivity contribution < 1.29 is 12.8 Å². The van der Waals surface area contributed by atoms with E-state index in [1.165, 1.54) is 0 Å². The van der Waals surface area contributed by atoms with Gasteiger partial charge in [-0.05, 0) is 17.7 Å². The third kappa shape index (κ3) is 3.27. The van der Waals surface area contributed by atoms with Gasteiger partial charge in [0.05, 0.1) is 10.7 Å². The average molecular weight is 315 g/mol. The lowest BCUT2D eigenvalue weighted by Crippen LogP contribution is -2.23. The number of nitrogens with one attached hydrogen (secondary N) is 1. The lowest BCUT2D eigenvalue weighted by atomic mass is 10.2. The fourth-order valence-corrected chi connectivity index (χ4v) is 3.17. The highest BCUT2D eigenvalue weighted by molar-refractivity contribution is 7.89. The zero-order chi connectivity index (χ0) is 14.8. The summed E-state index contributed by atoms with van der Waals surface area (Å²) in [6.45, 7) is 0.108. The van der Waals surface area contributed by atoms with Gasteiger partial charge >= 0.3 is 0 Å². The van der Waals surface area contributed by atoms with Crippen molar-refractivity contribution in [3.05, 3.63) is 58.9 Å². The molecule has 0 aromatic heterocycles. The van der Waals surface area contributed by atoms with Crippen LogP contribution in [0, 0.1) is 5.82 Å². The molecule has 2 aromatic carbocycles. The van der Waals surface area contributed by atoms with Gasteiger partial charge in [0.1, 0.15) is 10.7 Å². The number of rotatable bonds is 4. The van der Waals surface area contributed by atoms with E-state index in [-0.39, 0.29) is 22.2 Å². The van der Waals surface area contributed by atoms with Gasteiger partial charge in [0.2, 0.25) is 10.0 Å². The molecule has 20 heavy (non-hydrogen) atoms. The fraction of sp³-hybridized carbons (Fsp3) is 0.0769. The second kappa shape index (κ2) is 5.78. The summed E-state index contributed by atoms with van der Waals surface area (Å²) in [4.78, 5) is -0.242. The zero-order valence-electron chi connectivity index (χ0n) is 10.3. The second-order valence-corrected chi connectivity index (χ2v) is 6.26. The van der Waals surface area contributed by atoms with E-state index in [1.807, 2.05) is 6.07 Å². The van der Waals surface area contributed by atoms with Crippen LogP contribution in [0.4, 0.5) is 10.1 Å². The molecule has 0 saturated carbocycles. The smallest absolute Gasteiger partial charge is 0.242 e. The molecule has 3 N–H and O–H groups in total.